The smallest absolute Gasteiger partial charge is 0.263 e. The van der Waals surface area contributed by atoms with Crippen LogP contribution in [0.5, 0.6) is 5.75 Å². The molecule has 6 heteroatoms. The standard InChI is InChI=1S/C24H25N3O3/c1-5-12-27-14-20(22(28)19-13-16(4)6-11-21(19)27)24-25-23(26-30-24)17-7-9-18(10-8-17)29-15(2)3/h6-11,13-15H,5,12H2,1-4H3. The average molecular weight is 403 g/mol. The fourth-order valence-corrected chi connectivity index (χ4v) is 3.49. The van der Waals surface area contributed by atoms with Gasteiger partial charge in [0.05, 0.1) is 11.6 Å². The number of hydrogen-bond donors (Lipinski definition) is 0. The van der Waals surface area contributed by atoms with Gasteiger partial charge in [-0.3, -0.25) is 4.79 Å². The van der Waals surface area contributed by atoms with Gasteiger partial charge in [-0.15, -0.1) is 0 Å². The zero-order valence-corrected chi connectivity index (χ0v) is 17.7. The van der Waals surface area contributed by atoms with Crippen molar-refractivity contribution in [1.29, 1.82) is 0 Å². The van der Waals surface area contributed by atoms with Crippen molar-refractivity contribution in [3.8, 4) is 28.6 Å². The summed E-state index contributed by atoms with van der Waals surface area (Å²) in [4.78, 5) is 17.7. The van der Waals surface area contributed by atoms with Crippen molar-refractivity contribution in [3.05, 3.63) is 64.4 Å². The van der Waals surface area contributed by atoms with Crippen LogP contribution in [0.1, 0.15) is 32.8 Å². The van der Waals surface area contributed by atoms with Gasteiger partial charge in [0.1, 0.15) is 11.3 Å². The molecule has 0 aliphatic carbocycles. The minimum Gasteiger partial charge on any atom is -0.491 e. The Morgan fingerprint density at radius 1 is 1.13 bits per heavy atom. The Labute approximate surface area is 175 Å². The van der Waals surface area contributed by atoms with Gasteiger partial charge in [0, 0.05) is 23.7 Å². The quantitative estimate of drug-likeness (QED) is 0.441. The number of benzene rings is 2. The first-order chi connectivity index (χ1) is 14.5. The molecule has 0 atom stereocenters. The molecular weight excluding hydrogens is 378 g/mol. The highest BCUT2D eigenvalue weighted by atomic mass is 16.5. The third kappa shape index (κ3) is 3.85. The number of fused-ring (bicyclic) bond motifs is 1. The molecule has 0 unspecified atom stereocenters. The number of ether oxygens (including phenoxy) is 1. The van der Waals surface area contributed by atoms with Crippen LogP contribution in [0.4, 0.5) is 0 Å². The number of aromatic nitrogens is 3. The van der Waals surface area contributed by atoms with E-state index in [1.807, 2.05) is 69.4 Å². The molecule has 6 nitrogen and oxygen atoms in total. The van der Waals surface area contributed by atoms with Crippen molar-refractivity contribution >= 4 is 10.9 Å². The second-order valence-electron chi connectivity index (χ2n) is 7.70. The van der Waals surface area contributed by atoms with Gasteiger partial charge in [0.2, 0.25) is 11.3 Å². The fourth-order valence-electron chi connectivity index (χ4n) is 3.49. The second kappa shape index (κ2) is 8.14. The van der Waals surface area contributed by atoms with Crippen molar-refractivity contribution in [1.82, 2.24) is 14.7 Å². The molecule has 154 valence electrons. The highest BCUT2D eigenvalue weighted by Gasteiger charge is 2.17. The first kappa shape index (κ1) is 19.9. The predicted octanol–water partition coefficient (Wildman–Crippen LogP) is 5.22. The van der Waals surface area contributed by atoms with Gasteiger partial charge in [-0.05, 0) is 63.6 Å². The number of hydrogen-bond acceptors (Lipinski definition) is 5. The van der Waals surface area contributed by atoms with E-state index < -0.39 is 0 Å². The molecule has 2 aromatic carbocycles. The van der Waals surface area contributed by atoms with Crippen LogP contribution in [0.15, 0.2) is 58.0 Å². The van der Waals surface area contributed by atoms with E-state index in [4.69, 9.17) is 9.26 Å². The lowest BCUT2D eigenvalue weighted by atomic mass is 10.1. The van der Waals surface area contributed by atoms with Gasteiger partial charge in [-0.2, -0.15) is 4.98 Å². The Hall–Kier alpha value is -3.41. The molecule has 0 saturated carbocycles. The average Bonchev–Trinajstić information content (AvgIpc) is 3.20. The van der Waals surface area contributed by atoms with Gasteiger partial charge in [0.25, 0.3) is 5.89 Å². The van der Waals surface area contributed by atoms with Crippen LogP contribution in [0.25, 0.3) is 33.7 Å². The van der Waals surface area contributed by atoms with Crippen LogP contribution >= 0.6 is 0 Å². The van der Waals surface area contributed by atoms with Crippen LogP contribution < -0.4 is 10.2 Å². The molecule has 0 fully saturated rings. The topological polar surface area (TPSA) is 70.2 Å². The van der Waals surface area contributed by atoms with Crippen molar-refractivity contribution in [2.75, 3.05) is 0 Å². The summed E-state index contributed by atoms with van der Waals surface area (Å²) in [5, 5.41) is 4.76. The largest absolute Gasteiger partial charge is 0.491 e. The number of nitrogens with zero attached hydrogens (tertiary/aromatic N) is 3. The zero-order chi connectivity index (χ0) is 21.3. The molecule has 4 aromatic rings. The minimum absolute atomic E-state index is 0.100. The summed E-state index contributed by atoms with van der Waals surface area (Å²) in [5.74, 6) is 1.45. The Kier molecular flexibility index (Phi) is 5.40. The number of aryl methyl sites for hydroxylation is 2. The maximum Gasteiger partial charge on any atom is 0.263 e. The van der Waals surface area contributed by atoms with Crippen LogP contribution in [0.3, 0.4) is 0 Å². The van der Waals surface area contributed by atoms with Crippen molar-refractivity contribution in [2.45, 2.75) is 46.8 Å². The van der Waals surface area contributed by atoms with Crippen LogP contribution in [0, 0.1) is 6.92 Å². The van der Waals surface area contributed by atoms with Crippen molar-refractivity contribution in [2.24, 2.45) is 0 Å². The summed E-state index contributed by atoms with van der Waals surface area (Å²) < 4.78 is 13.2. The fraction of sp³-hybridized carbons (Fsp3) is 0.292. The SMILES string of the molecule is CCCn1cc(-c2nc(-c3ccc(OC(C)C)cc3)no2)c(=O)c2cc(C)ccc21. The maximum absolute atomic E-state index is 13.2. The second-order valence-corrected chi connectivity index (χ2v) is 7.70. The highest BCUT2D eigenvalue weighted by molar-refractivity contribution is 5.83. The third-order valence-electron chi connectivity index (χ3n) is 4.84. The molecule has 0 saturated heterocycles. The monoisotopic (exact) mass is 403 g/mol. The first-order valence-corrected chi connectivity index (χ1v) is 10.2. The number of pyridine rings is 1. The Morgan fingerprint density at radius 3 is 2.60 bits per heavy atom. The molecule has 0 N–H and O–H groups in total. The predicted molar refractivity (Wildman–Crippen MR) is 118 cm³/mol. The molecule has 2 heterocycles. The summed E-state index contributed by atoms with van der Waals surface area (Å²) in [5.41, 5.74) is 3.06. The summed E-state index contributed by atoms with van der Waals surface area (Å²) in [6, 6.07) is 13.4. The molecule has 0 bridgehead atoms. The number of rotatable bonds is 6. The Balaban J connectivity index is 1.76. The van der Waals surface area contributed by atoms with Gasteiger partial charge >= 0.3 is 0 Å². The van der Waals surface area contributed by atoms with E-state index in [0.29, 0.717) is 16.8 Å². The lowest BCUT2D eigenvalue weighted by molar-refractivity contribution is 0.242. The van der Waals surface area contributed by atoms with E-state index in [9.17, 15) is 4.79 Å². The maximum atomic E-state index is 13.2. The molecule has 0 aliphatic heterocycles. The minimum atomic E-state index is -0.100. The van der Waals surface area contributed by atoms with Crippen LogP contribution in [-0.2, 0) is 6.54 Å². The van der Waals surface area contributed by atoms with E-state index in [1.54, 1.807) is 0 Å². The zero-order valence-electron chi connectivity index (χ0n) is 17.7. The van der Waals surface area contributed by atoms with Gasteiger partial charge in [0.15, 0.2) is 0 Å². The molecule has 0 amide bonds. The van der Waals surface area contributed by atoms with Gasteiger partial charge in [-0.25, -0.2) is 0 Å². The Bertz CT molecular complexity index is 1240. The van der Waals surface area contributed by atoms with Crippen LogP contribution in [0.2, 0.25) is 0 Å². The van der Waals surface area contributed by atoms with E-state index >= 15 is 0 Å². The van der Waals surface area contributed by atoms with Crippen LogP contribution in [-0.4, -0.2) is 20.8 Å². The molecule has 2 aromatic heterocycles. The molecule has 30 heavy (non-hydrogen) atoms. The summed E-state index contributed by atoms with van der Waals surface area (Å²) in [6.07, 6.45) is 2.88. The lowest BCUT2D eigenvalue weighted by Gasteiger charge is -2.11. The summed E-state index contributed by atoms with van der Waals surface area (Å²) in [7, 11) is 0. The third-order valence-corrected chi connectivity index (χ3v) is 4.84. The first-order valence-electron chi connectivity index (χ1n) is 10.2. The highest BCUT2D eigenvalue weighted by Crippen LogP contribution is 2.25. The molecule has 0 radical (unpaired) electrons. The summed E-state index contributed by atoms with van der Waals surface area (Å²) >= 11 is 0. The van der Waals surface area contributed by atoms with Crippen molar-refractivity contribution in [3.63, 3.8) is 0 Å². The normalized spacial score (nSPS) is 11.4. The van der Waals surface area contributed by atoms with Gasteiger partial charge in [-0.1, -0.05) is 23.7 Å². The van der Waals surface area contributed by atoms with E-state index in [1.165, 1.54) is 0 Å². The molecule has 0 spiro atoms. The van der Waals surface area contributed by atoms with E-state index in [-0.39, 0.29) is 17.4 Å². The van der Waals surface area contributed by atoms with E-state index in [2.05, 4.69) is 21.6 Å². The van der Waals surface area contributed by atoms with Crippen molar-refractivity contribution < 1.29 is 9.26 Å². The molecular formula is C24H25N3O3. The molecule has 0 aliphatic rings. The summed E-state index contributed by atoms with van der Waals surface area (Å²) in [6.45, 7) is 8.85. The lowest BCUT2D eigenvalue weighted by Crippen LogP contribution is -2.12. The Morgan fingerprint density at radius 2 is 1.90 bits per heavy atom. The van der Waals surface area contributed by atoms with Gasteiger partial charge < -0.3 is 13.8 Å². The molecule has 4 rings (SSSR count). The van der Waals surface area contributed by atoms with E-state index in [0.717, 1.165) is 35.4 Å².